The first-order valence-corrected chi connectivity index (χ1v) is 7.94. The van der Waals surface area contributed by atoms with Gasteiger partial charge in [0.15, 0.2) is 0 Å². The normalized spacial score (nSPS) is 11.9. The highest BCUT2D eigenvalue weighted by Crippen LogP contribution is 2.41. The van der Waals surface area contributed by atoms with Crippen molar-refractivity contribution in [3.8, 4) is 11.1 Å². The van der Waals surface area contributed by atoms with E-state index in [1.165, 1.54) is 0 Å². The first-order chi connectivity index (χ1) is 11.5. The summed E-state index contributed by atoms with van der Waals surface area (Å²) in [7, 11) is 0. The van der Waals surface area contributed by atoms with Crippen LogP contribution in [0.5, 0.6) is 0 Å². The number of nitrogens with zero attached hydrogens (tertiary/aromatic N) is 3. The van der Waals surface area contributed by atoms with Crippen LogP contribution in [-0.2, 0) is 0 Å². The Balaban J connectivity index is 2.07. The Morgan fingerprint density at radius 1 is 1.33 bits per heavy atom. The molecule has 4 aromatic rings. The molecule has 7 heteroatoms. The van der Waals surface area contributed by atoms with Gasteiger partial charge in [0.05, 0.1) is 22.3 Å². The number of pyridine rings is 1. The highest BCUT2D eigenvalue weighted by atomic mass is 35.5. The summed E-state index contributed by atoms with van der Waals surface area (Å²) in [6, 6.07) is 5.47. The lowest BCUT2D eigenvalue weighted by Gasteiger charge is -2.14. The van der Waals surface area contributed by atoms with Gasteiger partial charge in [0, 0.05) is 28.8 Å². The summed E-state index contributed by atoms with van der Waals surface area (Å²) in [6.07, 6.45) is 3.45. The van der Waals surface area contributed by atoms with Gasteiger partial charge in [0.1, 0.15) is 11.6 Å². The molecule has 3 aromatic heterocycles. The number of fused-ring (bicyclic) bond motifs is 2. The second-order valence-electron chi connectivity index (χ2n) is 6.08. The lowest BCUT2D eigenvalue weighted by molar-refractivity contribution is 0.602. The molecule has 3 heterocycles. The number of hydrogen-bond donors (Lipinski definition) is 2. The summed E-state index contributed by atoms with van der Waals surface area (Å²) in [6.45, 7) is 3.85. The summed E-state index contributed by atoms with van der Waals surface area (Å²) in [5, 5.41) is 12.0. The van der Waals surface area contributed by atoms with Gasteiger partial charge in [-0.1, -0.05) is 25.4 Å². The molecule has 0 aliphatic carbocycles. The van der Waals surface area contributed by atoms with Crippen LogP contribution in [0.25, 0.3) is 27.5 Å². The number of aromatic nitrogens is 4. The van der Waals surface area contributed by atoms with E-state index in [0.717, 1.165) is 16.5 Å². The minimum atomic E-state index is -0.411. The van der Waals surface area contributed by atoms with E-state index in [1.54, 1.807) is 23.0 Å². The fourth-order valence-corrected chi connectivity index (χ4v) is 3.44. The monoisotopic (exact) mass is 343 g/mol. The minimum absolute atomic E-state index is 0.0170. The summed E-state index contributed by atoms with van der Waals surface area (Å²) in [5.41, 5.74) is 9.16. The third-order valence-electron chi connectivity index (χ3n) is 4.17. The number of nitrogens with two attached hydrogens (primary N) is 1. The van der Waals surface area contributed by atoms with E-state index in [1.807, 2.05) is 26.0 Å². The van der Waals surface area contributed by atoms with Crippen LogP contribution in [0.3, 0.4) is 0 Å². The van der Waals surface area contributed by atoms with Crippen molar-refractivity contribution in [2.24, 2.45) is 0 Å². The van der Waals surface area contributed by atoms with Gasteiger partial charge in [-0.2, -0.15) is 10.2 Å². The van der Waals surface area contributed by atoms with Crippen molar-refractivity contribution in [2.75, 3.05) is 5.73 Å². The number of nitrogens with one attached hydrogen (secondary N) is 1. The standard InChI is InChI=1S/C17H15ClFN5/c1-8(2)13-16(19)15(18)14(11-7-21-22-17(11)13)9-3-4-24-10(5-9)6-12(20)23-24/h3-8H,1-2H3,(H2,20,23)(H,21,22). The Kier molecular flexibility index (Phi) is 3.25. The quantitative estimate of drug-likeness (QED) is 0.567. The number of benzene rings is 1. The van der Waals surface area contributed by atoms with Crippen LogP contribution < -0.4 is 5.73 Å². The van der Waals surface area contributed by atoms with E-state index >= 15 is 0 Å². The third kappa shape index (κ3) is 2.06. The molecule has 0 radical (unpaired) electrons. The third-order valence-corrected chi connectivity index (χ3v) is 4.53. The van der Waals surface area contributed by atoms with Crippen molar-refractivity contribution in [3.63, 3.8) is 0 Å². The number of aromatic amines is 1. The first-order valence-electron chi connectivity index (χ1n) is 7.56. The maximum Gasteiger partial charge on any atom is 0.148 e. The van der Waals surface area contributed by atoms with E-state index in [4.69, 9.17) is 17.3 Å². The molecule has 0 saturated carbocycles. The SMILES string of the molecule is CC(C)c1c(F)c(Cl)c(-c2ccn3nc(N)cc3c2)c2cn[nH]c12. The topological polar surface area (TPSA) is 72.0 Å². The largest absolute Gasteiger partial charge is 0.382 e. The molecule has 1 aromatic carbocycles. The van der Waals surface area contributed by atoms with Crippen molar-refractivity contribution < 1.29 is 4.39 Å². The zero-order valence-corrected chi connectivity index (χ0v) is 13.9. The molecule has 0 unspecified atom stereocenters. The highest BCUT2D eigenvalue weighted by molar-refractivity contribution is 6.35. The summed E-state index contributed by atoms with van der Waals surface area (Å²) >= 11 is 6.41. The first kappa shape index (κ1) is 15.0. The van der Waals surface area contributed by atoms with Crippen LogP contribution >= 0.6 is 11.6 Å². The highest BCUT2D eigenvalue weighted by Gasteiger charge is 2.22. The molecule has 122 valence electrons. The molecule has 0 bridgehead atoms. The molecule has 5 nitrogen and oxygen atoms in total. The smallest absolute Gasteiger partial charge is 0.148 e. The van der Waals surface area contributed by atoms with E-state index in [2.05, 4.69) is 15.3 Å². The molecule has 3 N–H and O–H groups in total. The van der Waals surface area contributed by atoms with Crippen molar-refractivity contribution in [1.29, 1.82) is 0 Å². The Labute approximate surface area is 142 Å². The van der Waals surface area contributed by atoms with Gasteiger partial charge in [-0.05, 0) is 23.6 Å². The van der Waals surface area contributed by atoms with Gasteiger partial charge < -0.3 is 5.73 Å². The van der Waals surface area contributed by atoms with Crippen LogP contribution in [0, 0.1) is 5.82 Å². The molecular formula is C17H15ClFN5. The number of H-pyrrole nitrogens is 1. The number of anilines is 1. The molecule has 0 fully saturated rings. The Morgan fingerprint density at radius 3 is 2.88 bits per heavy atom. The fraction of sp³-hybridized carbons (Fsp3) is 0.176. The molecule has 0 spiro atoms. The van der Waals surface area contributed by atoms with E-state index < -0.39 is 5.82 Å². The Morgan fingerprint density at radius 2 is 2.12 bits per heavy atom. The van der Waals surface area contributed by atoms with E-state index in [9.17, 15) is 4.39 Å². The number of rotatable bonds is 2. The number of nitrogen functional groups attached to an aromatic ring is 1. The van der Waals surface area contributed by atoms with Crippen LogP contribution in [0.2, 0.25) is 5.02 Å². The average molecular weight is 344 g/mol. The predicted octanol–water partition coefficient (Wildman–Crippen LogP) is 4.38. The van der Waals surface area contributed by atoms with Gasteiger partial charge in [-0.25, -0.2) is 8.91 Å². The van der Waals surface area contributed by atoms with Gasteiger partial charge in [-0.15, -0.1) is 0 Å². The van der Waals surface area contributed by atoms with Crippen molar-refractivity contribution >= 4 is 33.8 Å². The lowest BCUT2D eigenvalue weighted by Crippen LogP contribution is -1.99. The second kappa shape index (κ2) is 5.21. The van der Waals surface area contributed by atoms with Crippen LogP contribution in [0.4, 0.5) is 10.2 Å². The molecule has 0 atom stereocenters. The van der Waals surface area contributed by atoms with Crippen LogP contribution in [0.1, 0.15) is 25.3 Å². The molecule has 0 aliphatic rings. The predicted molar refractivity (Wildman–Crippen MR) is 93.7 cm³/mol. The van der Waals surface area contributed by atoms with E-state index in [-0.39, 0.29) is 10.9 Å². The van der Waals surface area contributed by atoms with Crippen LogP contribution in [0.15, 0.2) is 30.6 Å². The van der Waals surface area contributed by atoms with Crippen molar-refractivity contribution in [2.45, 2.75) is 19.8 Å². The minimum Gasteiger partial charge on any atom is -0.382 e. The summed E-state index contributed by atoms with van der Waals surface area (Å²) < 4.78 is 16.6. The molecule has 24 heavy (non-hydrogen) atoms. The summed E-state index contributed by atoms with van der Waals surface area (Å²) in [5.74, 6) is -0.00374. The fourth-order valence-electron chi connectivity index (χ4n) is 3.13. The lowest BCUT2D eigenvalue weighted by atomic mass is 9.94. The molecule has 0 saturated heterocycles. The molecule has 4 rings (SSSR count). The summed E-state index contributed by atoms with van der Waals surface area (Å²) in [4.78, 5) is 0. The van der Waals surface area contributed by atoms with Crippen molar-refractivity contribution in [1.82, 2.24) is 19.8 Å². The Bertz CT molecular complexity index is 1080. The molecule has 0 amide bonds. The van der Waals surface area contributed by atoms with Gasteiger partial charge in [0.2, 0.25) is 0 Å². The van der Waals surface area contributed by atoms with Crippen LogP contribution in [-0.4, -0.2) is 19.8 Å². The second-order valence-corrected chi connectivity index (χ2v) is 6.46. The zero-order valence-electron chi connectivity index (χ0n) is 13.1. The maximum atomic E-state index is 14.9. The van der Waals surface area contributed by atoms with E-state index in [0.29, 0.717) is 22.5 Å². The Hall–Kier alpha value is -2.60. The zero-order chi connectivity index (χ0) is 17.0. The van der Waals surface area contributed by atoms with Gasteiger partial charge >= 0.3 is 0 Å². The van der Waals surface area contributed by atoms with Gasteiger partial charge in [-0.3, -0.25) is 5.10 Å². The average Bonchev–Trinajstić information content (AvgIpc) is 3.12. The number of halogens is 2. The van der Waals surface area contributed by atoms with Gasteiger partial charge in [0.25, 0.3) is 0 Å². The molecule has 0 aliphatic heterocycles. The number of hydrogen-bond acceptors (Lipinski definition) is 3. The maximum absolute atomic E-state index is 14.9. The molecular weight excluding hydrogens is 329 g/mol. The van der Waals surface area contributed by atoms with Crippen molar-refractivity contribution in [3.05, 3.63) is 47.0 Å².